The molecule has 0 aliphatic rings. The van der Waals surface area contributed by atoms with Crippen molar-refractivity contribution in [2.45, 2.75) is 56.6 Å². The van der Waals surface area contributed by atoms with E-state index in [0.717, 1.165) is 26.9 Å². The van der Waals surface area contributed by atoms with Gasteiger partial charge in [-0.3, -0.25) is 4.79 Å². The lowest BCUT2D eigenvalue weighted by Crippen LogP contribution is -2.29. The lowest BCUT2D eigenvalue weighted by atomic mass is 9.90. The molecule has 0 unspecified atom stereocenters. The van der Waals surface area contributed by atoms with E-state index in [9.17, 15) is 13.2 Å². The maximum Gasteiger partial charge on any atom is 0.275 e. The number of hydrogen-bond acceptors (Lipinski definition) is 6. The highest BCUT2D eigenvalue weighted by molar-refractivity contribution is 7.91. The Labute approximate surface area is 201 Å². The summed E-state index contributed by atoms with van der Waals surface area (Å²) in [7, 11) is 0.153. The van der Waals surface area contributed by atoms with Crippen LogP contribution in [0.3, 0.4) is 0 Å². The number of aryl methyl sites for hydroxylation is 5. The molecule has 0 amide bonds. The minimum Gasteiger partial charge on any atom is -0.350 e. The van der Waals surface area contributed by atoms with E-state index in [1.807, 2.05) is 39.8 Å². The van der Waals surface area contributed by atoms with Crippen LogP contribution in [0.5, 0.6) is 0 Å². The van der Waals surface area contributed by atoms with Gasteiger partial charge >= 0.3 is 0 Å². The van der Waals surface area contributed by atoms with Crippen molar-refractivity contribution >= 4 is 9.84 Å². The van der Waals surface area contributed by atoms with Gasteiger partial charge in [0, 0.05) is 21.3 Å². The molecule has 0 aliphatic heterocycles. The van der Waals surface area contributed by atoms with Crippen molar-refractivity contribution in [3.8, 4) is 11.1 Å². The number of nitrogens with zero attached hydrogens (tertiary/aromatic N) is 2. The highest BCUT2D eigenvalue weighted by Crippen LogP contribution is 2.38. The van der Waals surface area contributed by atoms with Crippen LogP contribution in [0.25, 0.3) is 11.1 Å². The second kappa shape index (κ2) is 10.2. The number of rotatable bonds is 8. The Kier molecular flexibility index (Phi) is 7.75. The summed E-state index contributed by atoms with van der Waals surface area (Å²) >= 11 is 0. The average molecular weight is 485 g/mol. The van der Waals surface area contributed by atoms with Crippen LogP contribution in [0.4, 0.5) is 0 Å². The van der Waals surface area contributed by atoms with Crippen molar-refractivity contribution in [3.05, 3.63) is 74.7 Å². The summed E-state index contributed by atoms with van der Waals surface area (Å²) in [5, 5.41) is 4.31. The molecular weight excluding hydrogens is 452 g/mol. The summed E-state index contributed by atoms with van der Waals surface area (Å²) in [6.45, 7) is 7.86. The van der Waals surface area contributed by atoms with Gasteiger partial charge in [0.2, 0.25) is 16.1 Å². The normalized spacial score (nSPS) is 11.9. The first kappa shape index (κ1) is 25.8. The van der Waals surface area contributed by atoms with Gasteiger partial charge in [0.25, 0.3) is 5.56 Å². The Balaban J connectivity index is 2.59. The van der Waals surface area contributed by atoms with Crippen molar-refractivity contribution in [2.24, 2.45) is 7.05 Å². The van der Waals surface area contributed by atoms with E-state index >= 15 is 0 Å². The number of sulfone groups is 1. The monoisotopic (exact) mass is 484 g/mol. The highest BCUT2D eigenvalue weighted by atomic mass is 32.2. The van der Waals surface area contributed by atoms with Crippen LogP contribution in [0.2, 0.25) is 0 Å². The molecule has 0 atom stereocenters. The molecule has 34 heavy (non-hydrogen) atoms. The van der Waals surface area contributed by atoms with Gasteiger partial charge in [0.15, 0.2) is 0 Å². The summed E-state index contributed by atoms with van der Waals surface area (Å²) < 4.78 is 40.3. The molecule has 2 aromatic carbocycles. The molecule has 0 radical (unpaired) electrons. The molecule has 0 saturated heterocycles. The van der Waals surface area contributed by atoms with Gasteiger partial charge in [-0.15, -0.1) is 0 Å². The van der Waals surface area contributed by atoms with E-state index in [0.29, 0.717) is 18.4 Å². The maximum atomic E-state index is 14.1. The number of benzene rings is 2. The molecule has 0 saturated carbocycles. The second-order valence-corrected chi connectivity index (χ2v) is 10.2. The van der Waals surface area contributed by atoms with Gasteiger partial charge in [-0.05, 0) is 55.5 Å². The van der Waals surface area contributed by atoms with Crippen molar-refractivity contribution < 1.29 is 17.9 Å². The number of hydrogen-bond donors (Lipinski definition) is 0. The van der Waals surface area contributed by atoms with Gasteiger partial charge in [0.1, 0.15) is 10.6 Å². The summed E-state index contributed by atoms with van der Waals surface area (Å²) in [5.74, 6) is 0. The van der Waals surface area contributed by atoms with Gasteiger partial charge in [-0.25, -0.2) is 13.1 Å². The minimum atomic E-state index is -4.17. The lowest BCUT2D eigenvalue weighted by Gasteiger charge is -2.23. The Morgan fingerprint density at radius 1 is 0.912 bits per heavy atom. The van der Waals surface area contributed by atoms with E-state index in [4.69, 9.17) is 9.47 Å². The van der Waals surface area contributed by atoms with Crippen LogP contribution in [0, 0.1) is 13.8 Å². The van der Waals surface area contributed by atoms with E-state index in [-0.39, 0.29) is 21.0 Å². The maximum absolute atomic E-state index is 14.1. The number of ether oxygens (including phenoxy) is 2. The Morgan fingerprint density at radius 3 is 1.91 bits per heavy atom. The SMILES string of the molecule is CCc1cc(C)cc(CC)c1-c1c(S(=O)(=O)c2ccc(C)cc2)c(C(OC)OC)nn(C)c1=O. The van der Waals surface area contributed by atoms with Crippen LogP contribution in [-0.2, 0) is 39.2 Å². The molecule has 1 heterocycles. The molecule has 0 fully saturated rings. The van der Waals surface area contributed by atoms with Crippen LogP contribution in [-0.4, -0.2) is 32.4 Å². The molecule has 0 bridgehead atoms. The van der Waals surface area contributed by atoms with E-state index in [1.165, 1.54) is 21.3 Å². The molecule has 182 valence electrons. The zero-order valence-electron chi connectivity index (χ0n) is 20.8. The van der Waals surface area contributed by atoms with E-state index in [2.05, 4.69) is 5.10 Å². The lowest BCUT2D eigenvalue weighted by molar-refractivity contribution is -0.111. The summed E-state index contributed by atoms with van der Waals surface area (Å²) in [4.78, 5) is 13.5. The van der Waals surface area contributed by atoms with Gasteiger partial charge in [-0.1, -0.05) is 49.2 Å². The fourth-order valence-electron chi connectivity index (χ4n) is 4.26. The summed E-state index contributed by atoms with van der Waals surface area (Å²) in [6.07, 6.45) is 0.181. The first-order chi connectivity index (χ1) is 16.1. The number of aromatic nitrogens is 2. The van der Waals surface area contributed by atoms with Crippen LogP contribution >= 0.6 is 0 Å². The fraction of sp³-hybridized carbons (Fsp3) is 0.385. The fourth-order valence-corrected chi connectivity index (χ4v) is 5.86. The van der Waals surface area contributed by atoms with Crippen LogP contribution < -0.4 is 5.56 Å². The van der Waals surface area contributed by atoms with E-state index < -0.39 is 21.7 Å². The summed E-state index contributed by atoms with van der Waals surface area (Å²) in [5.41, 5.74) is 4.06. The van der Waals surface area contributed by atoms with Crippen molar-refractivity contribution in [1.29, 1.82) is 0 Å². The van der Waals surface area contributed by atoms with Gasteiger partial charge in [0.05, 0.1) is 10.5 Å². The predicted octanol–water partition coefficient (Wildman–Crippen LogP) is 4.31. The highest BCUT2D eigenvalue weighted by Gasteiger charge is 2.35. The molecule has 3 aromatic rings. The Hall–Kier alpha value is -2.81. The largest absolute Gasteiger partial charge is 0.350 e. The number of methoxy groups -OCH3 is 2. The standard InChI is InChI=1S/C26H32N2O5S/c1-8-18-14-17(4)15-19(9-2)21(18)22-24(34(30,31)20-12-10-16(3)11-13-20)23(26(32-6)33-7)27-28(5)25(22)29/h10-15,26H,8-9H2,1-7H3. The molecule has 7 nitrogen and oxygen atoms in total. The molecule has 8 heteroatoms. The molecule has 3 rings (SSSR count). The van der Waals surface area contributed by atoms with Crippen molar-refractivity contribution in [3.63, 3.8) is 0 Å². The molecule has 1 aromatic heterocycles. The first-order valence-electron chi connectivity index (χ1n) is 11.2. The van der Waals surface area contributed by atoms with Gasteiger partial charge in [-0.2, -0.15) is 5.10 Å². The molecule has 0 N–H and O–H groups in total. The molecular formula is C26H32N2O5S. The Morgan fingerprint density at radius 2 is 1.44 bits per heavy atom. The molecule has 0 spiro atoms. The van der Waals surface area contributed by atoms with Gasteiger partial charge < -0.3 is 9.47 Å². The predicted molar refractivity (Wildman–Crippen MR) is 132 cm³/mol. The topological polar surface area (TPSA) is 87.5 Å². The minimum absolute atomic E-state index is 0.0346. The van der Waals surface area contributed by atoms with Crippen molar-refractivity contribution in [2.75, 3.05) is 14.2 Å². The Bertz CT molecular complexity index is 1330. The first-order valence-corrected chi connectivity index (χ1v) is 12.7. The second-order valence-electron chi connectivity index (χ2n) is 8.30. The third kappa shape index (κ3) is 4.58. The zero-order chi connectivity index (χ0) is 25.2. The van der Waals surface area contributed by atoms with Crippen LogP contribution in [0.15, 0.2) is 51.0 Å². The summed E-state index contributed by atoms with van der Waals surface area (Å²) in [6, 6.07) is 10.5. The quantitative estimate of drug-likeness (QED) is 0.443. The third-order valence-electron chi connectivity index (χ3n) is 5.93. The average Bonchev–Trinajstić information content (AvgIpc) is 2.81. The zero-order valence-corrected chi connectivity index (χ0v) is 21.6. The van der Waals surface area contributed by atoms with Crippen molar-refractivity contribution in [1.82, 2.24) is 9.78 Å². The van der Waals surface area contributed by atoms with E-state index in [1.54, 1.807) is 24.3 Å². The smallest absolute Gasteiger partial charge is 0.275 e. The third-order valence-corrected chi connectivity index (χ3v) is 7.78. The molecule has 0 aliphatic carbocycles. The van der Waals surface area contributed by atoms with Crippen LogP contribution in [0.1, 0.15) is 48.1 Å².